The van der Waals surface area contributed by atoms with Gasteiger partial charge in [0, 0.05) is 16.6 Å². The third-order valence-electron chi connectivity index (χ3n) is 3.25. The van der Waals surface area contributed by atoms with E-state index in [1.165, 1.54) is 12.1 Å². The van der Waals surface area contributed by atoms with Crippen LogP contribution in [0.2, 0.25) is 0 Å². The molecule has 0 saturated carbocycles. The van der Waals surface area contributed by atoms with E-state index in [1.54, 1.807) is 24.3 Å². The molecule has 118 valence electrons. The first-order valence-electron chi connectivity index (χ1n) is 6.81. The Morgan fingerprint density at radius 3 is 2.91 bits per heavy atom. The minimum Gasteiger partial charge on any atom is -0.482 e. The van der Waals surface area contributed by atoms with E-state index in [0.29, 0.717) is 27.0 Å². The Kier molecular flexibility index (Phi) is 4.29. The lowest BCUT2D eigenvalue weighted by atomic mass is 10.1. The van der Waals surface area contributed by atoms with E-state index >= 15 is 0 Å². The summed E-state index contributed by atoms with van der Waals surface area (Å²) in [4.78, 5) is 23.4. The normalized spacial score (nSPS) is 12.9. The summed E-state index contributed by atoms with van der Waals surface area (Å²) >= 11 is 3.21. The molecule has 2 aromatic carbocycles. The van der Waals surface area contributed by atoms with Crippen LogP contribution in [0.4, 0.5) is 10.1 Å². The van der Waals surface area contributed by atoms with Gasteiger partial charge in [-0.3, -0.25) is 9.59 Å². The van der Waals surface area contributed by atoms with Gasteiger partial charge in [0.2, 0.25) is 0 Å². The van der Waals surface area contributed by atoms with Gasteiger partial charge in [-0.2, -0.15) is 0 Å². The highest BCUT2D eigenvalue weighted by atomic mass is 79.9. The third-order valence-corrected chi connectivity index (χ3v) is 3.71. The third kappa shape index (κ3) is 3.68. The van der Waals surface area contributed by atoms with Crippen molar-refractivity contribution in [1.29, 1.82) is 0 Å². The van der Waals surface area contributed by atoms with E-state index in [2.05, 4.69) is 26.6 Å². The number of benzene rings is 2. The largest absolute Gasteiger partial charge is 0.482 e. The number of fused-ring (bicyclic) bond motifs is 1. The standard InChI is InChI=1S/C16H12BrFN2O3/c17-11-3-9(4-12(18)6-11)7-19-16(22)10-1-2-13-14(5-10)23-8-15(21)20-13/h1-6H,7-8H2,(H,19,22)(H,20,21). The molecule has 0 bridgehead atoms. The van der Waals surface area contributed by atoms with Crippen molar-refractivity contribution in [3.05, 3.63) is 57.8 Å². The molecule has 1 aliphatic heterocycles. The molecule has 0 radical (unpaired) electrons. The van der Waals surface area contributed by atoms with E-state index in [1.807, 2.05) is 0 Å². The summed E-state index contributed by atoms with van der Waals surface area (Å²) in [5, 5.41) is 5.37. The maximum atomic E-state index is 13.3. The van der Waals surface area contributed by atoms with Crippen LogP contribution < -0.4 is 15.4 Å². The summed E-state index contributed by atoms with van der Waals surface area (Å²) in [5.74, 6) is -0.465. The summed E-state index contributed by atoms with van der Waals surface area (Å²) in [5.41, 5.74) is 1.58. The lowest BCUT2D eigenvalue weighted by Gasteiger charge is -2.18. The molecule has 0 aliphatic carbocycles. The van der Waals surface area contributed by atoms with Gasteiger partial charge in [-0.1, -0.05) is 15.9 Å². The minimum atomic E-state index is -0.374. The van der Waals surface area contributed by atoms with Crippen molar-refractivity contribution < 1.29 is 18.7 Å². The fraction of sp³-hybridized carbons (Fsp3) is 0.125. The van der Waals surface area contributed by atoms with Gasteiger partial charge in [-0.05, 0) is 42.0 Å². The number of halogens is 2. The van der Waals surface area contributed by atoms with E-state index in [0.717, 1.165) is 0 Å². The van der Waals surface area contributed by atoms with E-state index < -0.39 is 0 Å². The summed E-state index contributed by atoms with van der Waals surface area (Å²) in [7, 11) is 0. The van der Waals surface area contributed by atoms with Crippen LogP contribution in [0.15, 0.2) is 40.9 Å². The van der Waals surface area contributed by atoms with E-state index in [4.69, 9.17) is 4.74 Å². The molecule has 2 N–H and O–H groups in total. The van der Waals surface area contributed by atoms with Gasteiger partial charge in [-0.25, -0.2) is 4.39 Å². The first-order valence-corrected chi connectivity index (χ1v) is 7.60. The molecular formula is C16H12BrFN2O3. The van der Waals surface area contributed by atoms with Crippen molar-refractivity contribution >= 4 is 33.4 Å². The zero-order valence-electron chi connectivity index (χ0n) is 11.9. The number of rotatable bonds is 3. The van der Waals surface area contributed by atoms with E-state index in [9.17, 15) is 14.0 Å². The number of hydrogen-bond acceptors (Lipinski definition) is 3. The number of ether oxygens (including phenoxy) is 1. The number of carbonyl (C=O) groups is 2. The van der Waals surface area contributed by atoms with Crippen molar-refractivity contribution in [2.24, 2.45) is 0 Å². The Labute approximate surface area is 140 Å². The first-order chi connectivity index (χ1) is 11.0. The van der Waals surface area contributed by atoms with Crippen LogP contribution in [-0.2, 0) is 11.3 Å². The molecule has 3 rings (SSSR count). The van der Waals surface area contributed by atoms with Gasteiger partial charge in [-0.15, -0.1) is 0 Å². The summed E-state index contributed by atoms with van der Waals surface area (Å²) in [6, 6.07) is 9.20. The quantitative estimate of drug-likeness (QED) is 0.862. The van der Waals surface area contributed by atoms with Gasteiger partial charge in [0.1, 0.15) is 11.6 Å². The highest BCUT2D eigenvalue weighted by Crippen LogP contribution is 2.28. The van der Waals surface area contributed by atoms with Crippen LogP contribution in [0.5, 0.6) is 5.75 Å². The van der Waals surface area contributed by atoms with Crippen molar-refractivity contribution in [3.8, 4) is 5.75 Å². The Balaban J connectivity index is 1.70. The Hall–Kier alpha value is -2.41. The second kappa shape index (κ2) is 6.37. The molecule has 0 atom stereocenters. The number of anilines is 1. The smallest absolute Gasteiger partial charge is 0.262 e. The number of nitrogens with one attached hydrogen (secondary N) is 2. The lowest BCUT2D eigenvalue weighted by Crippen LogP contribution is -2.26. The molecule has 2 aromatic rings. The van der Waals surface area contributed by atoms with Gasteiger partial charge in [0.15, 0.2) is 6.61 Å². The maximum Gasteiger partial charge on any atom is 0.262 e. The van der Waals surface area contributed by atoms with E-state index in [-0.39, 0.29) is 30.8 Å². The van der Waals surface area contributed by atoms with Crippen LogP contribution in [0.25, 0.3) is 0 Å². The van der Waals surface area contributed by atoms with Gasteiger partial charge < -0.3 is 15.4 Å². The molecule has 0 aromatic heterocycles. The van der Waals surface area contributed by atoms with Crippen LogP contribution >= 0.6 is 15.9 Å². The number of amides is 2. The molecule has 23 heavy (non-hydrogen) atoms. The molecule has 0 spiro atoms. The van der Waals surface area contributed by atoms with Gasteiger partial charge >= 0.3 is 0 Å². The predicted molar refractivity (Wildman–Crippen MR) is 85.8 cm³/mol. The molecule has 0 saturated heterocycles. The average molecular weight is 379 g/mol. The lowest BCUT2D eigenvalue weighted by molar-refractivity contribution is -0.118. The fourth-order valence-corrected chi connectivity index (χ4v) is 2.73. The van der Waals surface area contributed by atoms with Crippen molar-refractivity contribution in [1.82, 2.24) is 5.32 Å². The second-order valence-corrected chi connectivity index (χ2v) is 5.92. The Morgan fingerprint density at radius 1 is 1.30 bits per heavy atom. The zero-order valence-corrected chi connectivity index (χ0v) is 13.4. The van der Waals surface area contributed by atoms with Gasteiger partial charge in [0.25, 0.3) is 11.8 Å². The molecular weight excluding hydrogens is 367 g/mol. The molecule has 0 unspecified atom stereocenters. The van der Waals surface area contributed by atoms with Crippen LogP contribution in [0.1, 0.15) is 15.9 Å². The molecule has 1 aliphatic rings. The summed E-state index contributed by atoms with van der Waals surface area (Å²) < 4.78 is 19.2. The van der Waals surface area contributed by atoms with Crippen molar-refractivity contribution in [2.45, 2.75) is 6.54 Å². The van der Waals surface area contributed by atoms with Crippen LogP contribution in [0, 0.1) is 5.82 Å². The van der Waals surface area contributed by atoms with Crippen LogP contribution in [-0.4, -0.2) is 18.4 Å². The number of hydrogen-bond donors (Lipinski definition) is 2. The second-order valence-electron chi connectivity index (χ2n) is 5.01. The molecule has 0 fully saturated rings. The fourth-order valence-electron chi connectivity index (χ4n) is 2.21. The molecule has 5 nitrogen and oxygen atoms in total. The Bertz CT molecular complexity index is 775. The molecule has 7 heteroatoms. The SMILES string of the molecule is O=C1COc2cc(C(=O)NCc3cc(F)cc(Br)c3)ccc2N1. The van der Waals surface area contributed by atoms with Crippen molar-refractivity contribution in [3.63, 3.8) is 0 Å². The minimum absolute atomic E-state index is 0.0740. The Morgan fingerprint density at radius 2 is 2.13 bits per heavy atom. The van der Waals surface area contributed by atoms with Crippen LogP contribution in [0.3, 0.4) is 0 Å². The highest BCUT2D eigenvalue weighted by Gasteiger charge is 2.17. The number of carbonyl (C=O) groups excluding carboxylic acids is 2. The molecule has 2 amide bonds. The summed E-state index contributed by atoms with van der Waals surface area (Å²) in [6.45, 7) is 0.124. The topological polar surface area (TPSA) is 67.4 Å². The molecule has 1 heterocycles. The maximum absolute atomic E-state index is 13.3. The van der Waals surface area contributed by atoms with Gasteiger partial charge in [0.05, 0.1) is 5.69 Å². The average Bonchev–Trinajstić information content (AvgIpc) is 2.51. The zero-order chi connectivity index (χ0) is 16.4. The van der Waals surface area contributed by atoms with Crippen molar-refractivity contribution in [2.75, 3.05) is 11.9 Å². The summed E-state index contributed by atoms with van der Waals surface area (Å²) in [6.07, 6.45) is 0. The predicted octanol–water partition coefficient (Wildman–Crippen LogP) is 2.85. The first kappa shape index (κ1) is 15.5. The highest BCUT2D eigenvalue weighted by molar-refractivity contribution is 9.10. The monoisotopic (exact) mass is 378 g/mol.